The standard InChI is InChI=1S/C35H30N4O5S/c1-5-19-44-34(41)30-22(2)36-35-39(32(30)24-13-17-28(43-4)18-14-24)33(40)29(45-35)20-25-21-38(26-9-7-6-8-10-26)37-31(25)23-11-15-27(42-3)16-12-23/h5-18,20-21,32H,1,19H2,2-4H3/b29-20-. The van der Waals surface area contributed by atoms with Crippen LogP contribution in [0.4, 0.5) is 0 Å². The van der Waals surface area contributed by atoms with Gasteiger partial charge < -0.3 is 14.2 Å². The molecule has 0 saturated carbocycles. The number of carbonyl (C=O) groups is 1. The lowest BCUT2D eigenvalue weighted by Crippen LogP contribution is -2.39. The molecule has 1 atom stereocenters. The smallest absolute Gasteiger partial charge is 0.338 e. The Bertz CT molecular complexity index is 2090. The van der Waals surface area contributed by atoms with Gasteiger partial charge in [0.1, 0.15) is 23.8 Å². The molecule has 0 radical (unpaired) electrons. The van der Waals surface area contributed by atoms with E-state index in [0.717, 1.165) is 28.1 Å². The first-order valence-electron chi connectivity index (χ1n) is 14.2. The highest BCUT2D eigenvalue weighted by atomic mass is 32.1. The summed E-state index contributed by atoms with van der Waals surface area (Å²) in [6.45, 7) is 5.43. The number of hydrogen-bond donors (Lipinski definition) is 0. The molecule has 5 aromatic rings. The Morgan fingerprint density at radius 1 is 0.978 bits per heavy atom. The summed E-state index contributed by atoms with van der Waals surface area (Å²) in [7, 11) is 3.20. The van der Waals surface area contributed by atoms with Crippen molar-refractivity contribution >= 4 is 23.4 Å². The van der Waals surface area contributed by atoms with E-state index in [-0.39, 0.29) is 17.7 Å². The number of methoxy groups -OCH3 is 2. The van der Waals surface area contributed by atoms with Crippen molar-refractivity contribution in [2.24, 2.45) is 4.99 Å². The first-order valence-corrected chi connectivity index (χ1v) is 15.0. The number of rotatable bonds is 9. The zero-order chi connectivity index (χ0) is 31.5. The fourth-order valence-corrected chi connectivity index (χ4v) is 6.25. The van der Waals surface area contributed by atoms with Gasteiger partial charge >= 0.3 is 5.97 Å². The second kappa shape index (κ2) is 12.6. The number of thiazole rings is 1. The molecule has 0 N–H and O–H groups in total. The van der Waals surface area contributed by atoms with Crippen molar-refractivity contribution in [3.8, 4) is 28.4 Å². The Balaban J connectivity index is 1.53. The summed E-state index contributed by atoms with van der Waals surface area (Å²) >= 11 is 1.26. The number of para-hydroxylation sites is 1. The summed E-state index contributed by atoms with van der Waals surface area (Å²) in [5.74, 6) is 0.828. The third kappa shape index (κ3) is 5.75. The van der Waals surface area contributed by atoms with Gasteiger partial charge in [-0.2, -0.15) is 5.10 Å². The predicted molar refractivity (Wildman–Crippen MR) is 173 cm³/mol. The molecular weight excluding hydrogens is 588 g/mol. The Hall–Kier alpha value is -5.48. The SMILES string of the molecule is C=CCOC(=O)C1=C(C)N=c2s/c(=C\c3cn(-c4ccccc4)nc3-c3ccc(OC)cc3)c(=O)n2C1c1ccc(OC)cc1. The third-order valence-corrected chi connectivity index (χ3v) is 8.40. The Labute approximate surface area is 263 Å². The number of nitrogens with zero attached hydrogens (tertiary/aromatic N) is 4. The predicted octanol–water partition coefficient (Wildman–Crippen LogP) is 4.83. The van der Waals surface area contributed by atoms with Crippen LogP contribution in [-0.2, 0) is 9.53 Å². The molecule has 226 valence electrons. The maximum absolute atomic E-state index is 14.2. The fraction of sp³-hybridized carbons (Fsp3) is 0.143. The Morgan fingerprint density at radius 3 is 2.29 bits per heavy atom. The Kier molecular flexibility index (Phi) is 8.30. The maximum Gasteiger partial charge on any atom is 0.338 e. The summed E-state index contributed by atoms with van der Waals surface area (Å²) in [5, 5.41) is 4.90. The molecule has 10 heteroatoms. The average molecular weight is 619 g/mol. The number of fused-ring (bicyclic) bond motifs is 1. The van der Waals surface area contributed by atoms with Crippen molar-refractivity contribution in [3.05, 3.63) is 140 Å². The number of carbonyl (C=O) groups excluding carboxylic acids is 1. The molecule has 1 aliphatic heterocycles. The maximum atomic E-state index is 14.2. The van der Waals surface area contributed by atoms with Crippen molar-refractivity contribution in [1.29, 1.82) is 0 Å². The van der Waals surface area contributed by atoms with E-state index in [0.29, 0.717) is 26.5 Å². The summed E-state index contributed by atoms with van der Waals surface area (Å²) in [6.07, 6.45) is 5.23. The summed E-state index contributed by atoms with van der Waals surface area (Å²) in [4.78, 5) is 32.7. The van der Waals surface area contributed by atoms with E-state index < -0.39 is 12.0 Å². The first kappa shape index (κ1) is 29.6. The lowest BCUT2D eigenvalue weighted by Gasteiger charge is -2.24. The van der Waals surface area contributed by atoms with E-state index in [1.807, 2.05) is 79.0 Å². The zero-order valence-electron chi connectivity index (χ0n) is 25.0. The molecule has 9 nitrogen and oxygen atoms in total. The van der Waals surface area contributed by atoms with Gasteiger partial charge in [0, 0.05) is 17.3 Å². The Morgan fingerprint density at radius 2 is 1.64 bits per heavy atom. The highest BCUT2D eigenvalue weighted by Crippen LogP contribution is 2.32. The third-order valence-electron chi connectivity index (χ3n) is 7.42. The number of allylic oxidation sites excluding steroid dienone is 1. The van der Waals surface area contributed by atoms with Crippen molar-refractivity contribution < 1.29 is 19.0 Å². The molecule has 0 spiro atoms. The number of hydrogen-bond acceptors (Lipinski definition) is 8. The minimum absolute atomic E-state index is 0.0366. The largest absolute Gasteiger partial charge is 0.497 e. The van der Waals surface area contributed by atoms with E-state index >= 15 is 0 Å². The van der Waals surface area contributed by atoms with Crippen LogP contribution in [0.1, 0.15) is 24.1 Å². The quantitative estimate of drug-likeness (QED) is 0.173. The van der Waals surface area contributed by atoms with Crippen LogP contribution >= 0.6 is 11.3 Å². The molecule has 0 aliphatic carbocycles. The molecule has 0 fully saturated rings. The van der Waals surface area contributed by atoms with E-state index in [9.17, 15) is 9.59 Å². The minimum Gasteiger partial charge on any atom is -0.497 e. The molecule has 0 amide bonds. The zero-order valence-corrected chi connectivity index (χ0v) is 25.8. The van der Waals surface area contributed by atoms with Gasteiger partial charge in [0.25, 0.3) is 5.56 Å². The summed E-state index contributed by atoms with van der Waals surface area (Å²) in [6, 6.07) is 23.9. The van der Waals surface area contributed by atoms with Gasteiger partial charge in [-0.3, -0.25) is 9.36 Å². The van der Waals surface area contributed by atoms with Crippen LogP contribution in [0.3, 0.4) is 0 Å². The molecule has 6 rings (SSSR count). The second-order valence-corrected chi connectivity index (χ2v) is 11.2. The van der Waals surface area contributed by atoms with Crippen molar-refractivity contribution in [1.82, 2.24) is 14.3 Å². The van der Waals surface area contributed by atoms with Crippen molar-refractivity contribution in [3.63, 3.8) is 0 Å². The second-order valence-electron chi connectivity index (χ2n) is 10.2. The minimum atomic E-state index is -0.750. The van der Waals surface area contributed by atoms with Gasteiger partial charge in [-0.05, 0) is 67.1 Å². The number of esters is 1. The van der Waals surface area contributed by atoms with Crippen LogP contribution in [0.25, 0.3) is 23.0 Å². The van der Waals surface area contributed by atoms with Crippen LogP contribution in [0.15, 0.2) is 119 Å². The van der Waals surface area contributed by atoms with Gasteiger partial charge in [-0.1, -0.05) is 54.3 Å². The number of aromatic nitrogens is 3. The summed E-state index contributed by atoms with van der Waals surface area (Å²) < 4.78 is 19.9. The molecule has 1 unspecified atom stereocenters. The van der Waals surface area contributed by atoms with Crippen LogP contribution in [0.2, 0.25) is 0 Å². The van der Waals surface area contributed by atoms with Gasteiger partial charge in [0.05, 0.1) is 41.8 Å². The van der Waals surface area contributed by atoms with E-state index in [4.69, 9.17) is 24.3 Å². The topological polar surface area (TPSA) is 96.9 Å². The molecule has 0 saturated heterocycles. The van der Waals surface area contributed by atoms with Crippen LogP contribution in [0, 0.1) is 0 Å². The first-order chi connectivity index (χ1) is 21.9. The highest BCUT2D eigenvalue weighted by Gasteiger charge is 2.33. The van der Waals surface area contributed by atoms with Crippen LogP contribution in [-0.4, -0.2) is 41.1 Å². The van der Waals surface area contributed by atoms with E-state index in [1.165, 1.54) is 17.4 Å². The monoisotopic (exact) mass is 618 g/mol. The van der Waals surface area contributed by atoms with Gasteiger partial charge in [0.15, 0.2) is 4.80 Å². The van der Waals surface area contributed by atoms with Crippen molar-refractivity contribution in [2.45, 2.75) is 13.0 Å². The molecule has 45 heavy (non-hydrogen) atoms. The van der Waals surface area contributed by atoms with Gasteiger partial charge in [-0.25, -0.2) is 14.5 Å². The lowest BCUT2D eigenvalue weighted by molar-refractivity contribution is -0.138. The lowest BCUT2D eigenvalue weighted by atomic mass is 9.96. The van der Waals surface area contributed by atoms with Crippen LogP contribution < -0.4 is 24.4 Å². The van der Waals surface area contributed by atoms with Gasteiger partial charge in [-0.15, -0.1) is 0 Å². The number of benzene rings is 3. The molecule has 3 heterocycles. The van der Waals surface area contributed by atoms with E-state index in [2.05, 4.69) is 6.58 Å². The van der Waals surface area contributed by atoms with Gasteiger partial charge in [0.2, 0.25) is 0 Å². The molecule has 2 aromatic heterocycles. The molecular formula is C35H30N4O5S. The fourth-order valence-electron chi connectivity index (χ4n) is 5.22. The van der Waals surface area contributed by atoms with Crippen molar-refractivity contribution in [2.75, 3.05) is 20.8 Å². The molecule has 1 aliphatic rings. The molecule has 3 aromatic carbocycles. The van der Waals surface area contributed by atoms with E-state index in [1.54, 1.807) is 42.5 Å². The molecule has 0 bridgehead atoms. The number of ether oxygens (including phenoxy) is 3. The normalized spacial score (nSPS) is 14.5. The highest BCUT2D eigenvalue weighted by molar-refractivity contribution is 7.07. The van der Waals surface area contributed by atoms with Crippen LogP contribution in [0.5, 0.6) is 11.5 Å². The average Bonchev–Trinajstić information content (AvgIpc) is 3.63. The summed E-state index contributed by atoms with van der Waals surface area (Å²) in [5.41, 5.74) is 4.40.